The Hall–Kier alpha value is -1.71. The molecule has 1 aromatic rings. The molecule has 2 rings (SSSR count). The first kappa shape index (κ1) is 13.7. The second kappa shape index (κ2) is 6.45. The minimum Gasteiger partial charge on any atom is -0.473 e. The summed E-state index contributed by atoms with van der Waals surface area (Å²) in [6.45, 7) is 6.01. The number of piperidine rings is 1. The van der Waals surface area contributed by atoms with Crippen molar-refractivity contribution in [2.24, 2.45) is 0 Å². The summed E-state index contributed by atoms with van der Waals surface area (Å²) >= 11 is 0. The van der Waals surface area contributed by atoms with E-state index in [-0.39, 0.29) is 12.8 Å². The van der Waals surface area contributed by atoms with E-state index in [0.29, 0.717) is 0 Å². The molecule has 0 saturated carbocycles. The van der Waals surface area contributed by atoms with E-state index in [1.807, 2.05) is 24.0 Å². The lowest BCUT2D eigenvalue weighted by atomic mass is 10.1. The fourth-order valence-corrected chi connectivity index (χ4v) is 2.26. The normalized spacial score (nSPS) is 15.2. The number of carbonyl (C=O) groups excluding carboxylic acids is 1. The van der Waals surface area contributed by atoms with Crippen LogP contribution in [0.2, 0.25) is 0 Å². The van der Waals surface area contributed by atoms with Crippen LogP contribution >= 0.6 is 0 Å². The third kappa shape index (κ3) is 3.63. The van der Waals surface area contributed by atoms with Gasteiger partial charge in [0.15, 0.2) is 6.73 Å². The van der Waals surface area contributed by atoms with Crippen molar-refractivity contribution in [2.75, 3.05) is 19.8 Å². The van der Waals surface area contributed by atoms with E-state index >= 15 is 0 Å². The standard InChI is InChI=1S/C15H22N2O2/c1-12-7-6-8-14(13(12)2)19-11-16-15(18)17-9-4-3-5-10-17/h6-8H,3-5,9-11H2,1-2H3,(H,16,18). The first-order valence-electron chi connectivity index (χ1n) is 6.90. The first-order chi connectivity index (χ1) is 9.18. The fourth-order valence-electron chi connectivity index (χ4n) is 2.26. The summed E-state index contributed by atoms with van der Waals surface area (Å²) < 4.78 is 5.62. The second-order valence-electron chi connectivity index (χ2n) is 5.02. The van der Waals surface area contributed by atoms with Crippen molar-refractivity contribution in [1.82, 2.24) is 10.2 Å². The highest BCUT2D eigenvalue weighted by Gasteiger charge is 2.15. The zero-order chi connectivity index (χ0) is 13.7. The molecule has 1 aliphatic heterocycles. The Morgan fingerprint density at radius 2 is 2.00 bits per heavy atom. The Balaban J connectivity index is 1.79. The smallest absolute Gasteiger partial charge is 0.320 e. The highest BCUT2D eigenvalue weighted by molar-refractivity contribution is 5.74. The van der Waals surface area contributed by atoms with Crippen LogP contribution in [0.1, 0.15) is 30.4 Å². The number of hydrogen-bond donors (Lipinski definition) is 1. The average Bonchev–Trinajstić information content (AvgIpc) is 2.44. The van der Waals surface area contributed by atoms with Crippen molar-refractivity contribution in [3.63, 3.8) is 0 Å². The van der Waals surface area contributed by atoms with Crippen molar-refractivity contribution in [2.45, 2.75) is 33.1 Å². The highest BCUT2D eigenvalue weighted by Crippen LogP contribution is 2.20. The van der Waals surface area contributed by atoms with Crippen LogP contribution < -0.4 is 10.1 Å². The minimum atomic E-state index is -0.0231. The molecule has 104 valence electrons. The molecule has 19 heavy (non-hydrogen) atoms. The summed E-state index contributed by atoms with van der Waals surface area (Å²) in [7, 11) is 0. The van der Waals surface area contributed by atoms with Crippen molar-refractivity contribution in [3.8, 4) is 5.75 Å². The van der Waals surface area contributed by atoms with Gasteiger partial charge in [-0.1, -0.05) is 12.1 Å². The zero-order valence-corrected chi connectivity index (χ0v) is 11.7. The second-order valence-corrected chi connectivity index (χ2v) is 5.02. The Morgan fingerprint density at radius 3 is 2.74 bits per heavy atom. The summed E-state index contributed by atoms with van der Waals surface area (Å²) in [5, 5.41) is 2.81. The summed E-state index contributed by atoms with van der Waals surface area (Å²) in [6, 6.07) is 5.92. The van der Waals surface area contributed by atoms with Gasteiger partial charge in [0.2, 0.25) is 0 Å². The van der Waals surface area contributed by atoms with E-state index in [1.54, 1.807) is 0 Å². The summed E-state index contributed by atoms with van der Waals surface area (Å²) in [5.41, 5.74) is 2.31. The van der Waals surface area contributed by atoms with Crippen LogP contribution in [0.25, 0.3) is 0 Å². The van der Waals surface area contributed by atoms with Crippen molar-refractivity contribution in [1.29, 1.82) is 0 Å². The average molecular weight is 262 g/mol. The van der Waals surface area contributed by atoms with E-state index in [4.69, 9.17) is 4.74 Å². The molecule has 4 nitrogen and oxygen atoms in total. The molecule has 1 saturated heterocycles. The number of carbonyl (C=O) groups is 1. The maximum absolute atomic E-state index is 11.9. The highest BCUT2D eigenvalue weighted by atomic mass is 16.5. The van der Waals surface area contributed by atoms with Crippen LogP contribution in [-0.4, -0.2) is 30.8 Å². The number of ether oxygens (including phenoxy) is 1. The first-order valence-corrected chi connectivity index (χ1v) is 6.90. The molecule has 1 aliphatic rings. The quantitative estimate of drug-likeness (QED) is 0.851. The van der Waals surface area contributed by atoms with E-state index in [0.717, 1.165) is 37.2 Å². The topological polar surface area (TPSA) is 41.6 Å². The van der Waals surface area contributed by atoms with Gasteiger partial charge < -0.3 is 15.0 Å². The number of amides is 2. The predicted molar refractivity (Wildman–Crippen MR) is 75.4 cm³/mol. The number of hydrogen-bond acceptors (Lipinski definition) is 2. The SMILES string of the molecule is Cc1cccc(OCNC(=O)N2CCCCC2)c1C. The lowest BCUT2D eigenvalue weighted by Crippen LogP contribution is -2.44. The number of rotatable bonds is 3. The number of nitrogens with zero attached hydrogens (tertiary/aromatic N) is 1. The lowest BCUT2D eigenvalue weighted by Gasteiger charge is -2.26. The molecule has 0 bridgehead atoms. The molecule has 2 amide bonds. The third-order valence-corrected chi connectivity index (χ3v) is 3.65. The van der Waals surface area contributed by atoms with Crippen molar-refractivity contribution >= 4 is 6.03 Å². The van der Waals surface area contributed by atoms with Gasteiger partial charge in [0, 0.05) is 13.1 Å². The van der Waals surface area contributed by atoms with Crippen LogP contribution in [0.5, 0.6) is 5.75 Å². The number of likely N-dealkylation sites (tertiary alicyclic amines) is 1. The molecule has 1 heterocycles. The lowest BCUT2D eigenvalue weighted by molar-refractivity contribution is 0.174. The maximum atomic E-state index is 11.9. The van der Waals surface area contributed by atoms with E-state index < -0.39 is 0 Å². The summed E-state index contributed by atoms with van der Waals surface area (Å²) in [6.07, 6.45) is 3.43. The molecule has 0 atom stereocenters. The van der Waals surface area contributed by atoms with Gasteiger partial charge >= 0.3 is 6.03 Å². The van der Waals surface area contributed by atoms with Gasteiger partial charge in [0.05, 0.1) is 0 Å². The van der Waals surface area contributed by atoms with Crippen LogP contribution in [0.4, 0.5) is 4.79 Å². The Morgan fingerprint density at radius 1 is 1.26 bits per heavy atom. The van der Waals surface area contributed by atoms with E-state index in [9.17, 15) is 4.79 Å². The Bertz CT molecular complexity index is 440. The van der Waals surface area contributed by atoms with Crippen LogP contribution in [0.15, 0.2) is 18.2 Å². The molecular weight excluding hydrogens is 240 g/mol. The fraction of sp³-hybridized carbons (Fsp3) is 0.533. The van der Waals surface area contributed by atoms with Crippen LogP contribution in [0, 0.1) is 13.8 Å². The van der Waals surface area contributed by atoms with Gasteiger partial charge in [-0.15, -0.1) is 0 Å². The number of urea groups is 1. The van der Waals surface area contributed by atoms with Gasteiger partial charge in [-0.25, -0.2) is 4.79 Å². The van der Waals surface area contributed by atoms with Gasteiger partial charge in [-0.3, -0.25) is 0 Å². The van der Waals surface area contributed by atoms with Gasteiger partial charge in [-0.2, -0.15) is 0 Å². The molecule has 0 unspecified atom stereocenters. The predicted octanol–water partition coefficient (Wildman–Crippen LogP) is 2.84. The molecule has 1 aromatic carbocycles. The summed E-state index contributed by atoms with van der Waals surface area (Å²) in [4.78, 5) is 13.7. The largest absolute Gasteiger partial charge is 0.473 e. The maximum Gasteiger partial charge on any atom is 0.320 e. The number of aryl methyl sites for hydroxylation is 1. The van der Waals surface area contributed by atoms with Gasteiger partial charge in [-0.05, 0) is 50.3 Å². The third-order valence-electron chi connectivity index (χ3n) is 3.65. The molecule has 1 N–H and O–H groups in total. The van der Waals surface area contributed by atoms with Crippen molar-refractivity contribution in [3.05, 3.63) is 29.3 Å². The van der Waals surface area contributed by atoms with E-state index in [1.165, 1.54) is 12.0 Å². The van der Waals surface area contributed by atoms with Gasteiger partial charge in [0.25, 0.3) is 0 Å². The molecule has 1 fully saturated rings. The van der Waals surface area contributed by atoms with Crippen LogP contribution in [-0.2, 0) is 0 Å². The van der Waals surface area contributed by atoms with Crippen molar-refractivity contribution < 1.29 is 9.53 Å². The molecule has 0 aliphatic carbocycles. The van der Waals surface area contributed by atoms with E-state index in [2.05, 4.69) is 18.3 Å². The number of benzene rings is 1. The Kier molecular flexibility index (Phi) is 4.66. The molecular formula is C15H22N2O2. The zero-order valence-electron chi connectivity index (χ0n) is 11.7. The number of nitrogens with one attached hydrogen (secondary N) is 1. The molecule has 0 aromatic heterocycles. The Labute approximate surface area is 114 Å². The molecule has 0 spiro atoms. The minimum absolute atomic E-state index is 0.0231. The summed E-state index contributed by atoms with van der Waals surface area (Å²) in [5.74, 6) is 0.832. The van der Waals surface area contributed by atoms with Gasteiger partial charge in [0.1, 0.15) is 5.75 Å². The molecule has 4 heteroatoms. The monoisotopic (exact) mass is 262 g/mol. The van der Waals surface area contributed by atoms with Crippen LogP contribution in [0.3, 0.4) is 0 Å². The molecule has 0 radical (unpaired) electrons.